The van der Waals surface area contributed by atoms with E-state index in [2.05, 4.69) is 21.6 Å². The maximum absolute atomic E-state index is 7.03. The maximum Gasteiger partial charge on any atom is 0.190 e. The topological polar surface area (TPSA) is 90.6 Å². The van der Waals surface area contributed by atoms with E-state index >= 15 is 0 Å². The first-order valence-electron chi connectivity index (χ1n) is 3.72. The average molecular weight is 174 g/mol. The van der Waals surface area contributed by atoms with Crippen LogP contribution in [0.15, 0.2) is 18.2 Å². The predicted molar refractivity (Wildman–Crippen MR) is 50.5 cm³/mol. The normalized spacial score (nSPS) is 10.2. The fourth-order valence-corrected chi connectivity index (χ4v) is 1.11. The number of rotatable bonds is 1. The molecule has 0 saturated heterocycles. The highest BCUT2D eigenvalue weighted by Gasteiger charge is 1.98. The Balaban J connectivity index is 2.42. The molecule has 2 aromatic rings. The summed E-state index contributed by atoms with van der Waals surface area (Å²) in [4.78, 5) is 6.81. The third-order valence-corrected chi connectivity index (χ3v) is 1.64. The van der Waals surface area contributed by atoms with E-state index < -0.39 is 0 Å². The molecule has 5 heteroatoms. The van der Waals surface area contributed by atoms with Crippen LogP contribution in [0.1, 0.15) is 0 Å². The number of fused-ring (bicyclic) bond motifs is 1. The number of aromatic nitrogens is 2. The van der Waals surface area contributed by atoms with E-state index in [1.54, 1.807) is 6.07 Å². The van der Waals surface area contributed by atoms with Crippen LogP contribution in [0.5, 0.6) is 0 Å². The molecule has 1 heterocycles. The van der Waals surface area contributed by atoms with E-state index in [9.17, 15) is 0 Å². The summed E-state index contributed by atoms with van der Waals surface area (Å²) in [6.45, 7) is 0. The highest BCUT2D eigenvalue weighted by Crippen LogP contribution is 2.14. The highest BCUT2D eigenvalue weighted by molar-refractivity contribution is 5.92. The van der Waals surface area contributed by atoms with Crippen LogP contribution >= 0.6 is 0 Å². The average Bonchev–Trinajstić information content (AvgIpc) is 2.49. The van der Waals surface area contributed by atoms with Crippen LogP contribution in [-0.4, -0.2) is 15.9 Å². The number of guanidine groups is 1. The fourth-order valence-electron chi connectivity index (χ4n) is 1.11. The van der Waals surface area contributed by atoms with E-state index in [1.807, 2.05) is 12.1 Å². The van der Waals surface area contributed by atoms with Crippen molar-refractivity contribution < 1.29 is 0 Å². The molecule has 1 radical (unpaired) electrons. The lowest BCUT2D eigenvalue weighted by atomic mass is 10.3. The van der Waals surface area contributed by atoms with Crippen molar-refractivity contribution in [3.8, 4) is 0 Å². The van der Waals surface area contributed by atoms with Gasteiger partial charge in [-0.15, -0.1) is 0 Å². The predicted octanol–water partition coefficient (Wildman–Crippen LogP) is 0.668. The standard InChI is InChI=1S/C8H8N5/c9-8(10)13-5-1-2-6-7(3-5)12-4-11-6/h1-3H,(H,11,12)(H4,9,10,13). The largest absolute Gasteiger partial charge is 0.370 e. The lowest BCUT2D eigenvalue weighted by molar-refractivity contribution is 1.32. The summed E-state index contributed by atoms with van der Waals surface area (Å²) in [5, 5.41) is 9.71. The second-order valence-corrected chi connectivity index (χ2v) is 2.62. The molecule has 0 saturated carbocycles. The van der Waals surface area contributed by atoms with Crippen LogP contribution in [0.25, 0.3) is 11.0 Å². The van der Waals surface area contributed by atoms with Crippen LogP contribution in [0.4, 0.5) is 5.69 Å². The van der Waals surface area contributed by atoms with Gasteiger partial charge >= 0.3 is 0 Å². The third kappa shape index (κ3) is 1.44. The minimum absolute atomic E-state index is 0.0844. The molecule has 0 aliphatic rings. The van der Waals surface area contributed by atoms with Crippen molar-refractivity contribution in [2.45, 2.75) is 0 Å². The number of H-pyrrole nitrogens is 1. The molecule has 0 aliphatic heterocycles. The number of hydrogen-bond donors (Lipinski definition) is 4. The molecule has 1 aromatic heterocycles. The summed E-state index contributed by atoms with van der Waals surface area (Å²) in [5.41, 5.74) is 7.64. The molecule has 2 rings (SSSR count). The number of nitrogens with zero attached hydrogens (tertiary/aromatic N) is 1. The zero-order chi connectivity index (χ0) is 9.26. The molecule has 0 atom stereocenters. The minimum Gasteiger partial charge on any atom is -0.370 e. The van der Waals surface area contributed by atoms with Crippen LogP contribution in [0.3, 0.4) is 0 Å². The van der Waals surface area contributed by atoms with Crippen molar-refractivity contribution in [2.24, 2.45) is 5.73 Å². The van der Waals surface area contributed by atoms with Crippen molar-refractivity contribution >= 4 is 22.7 Å². The van der Waals surface area contributed by atoms with Crippen LogP contribution < -0.4 is 11.1 Å². The number of benzene rings is 1. The number of anilines is 1. The van der Waals surface area contributed by atoms with Gasteiger partial charge in [-0.2, -0.15) is 0 Å². The molecule has 0 spiro atoms. The summed E-state index contributed by atoms with van der Waals surface area (Å²) in [6.07, 6.45) is 2.63. The molecule has 1 aromatic carbocycles. The van der Waals surface area contributed by atoms with E-state index in [0.717, 1.165) is 16.7 Å². The minimum atomic E-state index is -0.0844. The first kappa shape index (κ1) is 7.60. The molecule has 0 unspecified atom stereocenters. The zero-order valence-electron chi connectivity index (χ0n) is 6.76. The number of aromatic amines is 1. The van der Waals surface area contributed by atoms with Crippen LogP contribution in [0.2, 0.25) is 0 Å². The van der Waals surface area contributed by atoms with Crippen molar-refractivity contribution in [3.63, 3.8) is 0 Å². The molecule has 65 valence electrons. The number of hydrogen-bond acceptors (Lipinski definition) is 2. The number of nitrogens with two attached hydrogens (primary N) is 1. The Morgan fingerprint density at radius 3 is 3.23 bits per heavy atom. The summed E-state index contributed by atoms with van der Waals surface area (Å²) in [5.74, 6) is -0.0844. The Morgan fingerprint density at radius 2 is 2.46 bits per heavy atom. The van der Waals surface area contributed by atoms with Gasteiger partial charge in [0, 0.05) is 5.69 Å². The van der Waals surface area contributed by atoms with Gasteiger partial charge in [0.15, 0.2) is 12.3 Å². The van der Waals surface area contributed by atoms with Gasteiger partial charge in [-0.25, -0.2) is 4.98 Å². The molecular weight excluding hydrogens is 166 g/mol. The summed E-state index contributed by atoms with van der Waals surface area (Å²) in [7, 11) is 0. The van der Waals surface area contributed by atoms with Crippen molar-refractivity contribution in [1.82, 2.24) is 9.97 Å². The number of nitrogens with one attached hydrogen (secondary N) is 3. The lowest BCUT2D eigenvalue weighted by Crippen LogP contribution is -2.20. The van der Waals surface area contributed by atoms with Gasteiger partial charge in [-0.05, 0) is 18.2 Å². The SMILES string of the molecule is N=C(N)Nc1ccc2[nH][c]nc2c1. The van der Waals surface area contributed by atoms with Gasteiger partial charge < -0.3 is 16.0 Å². The molecular formula is C8H8N5. The van der Waals surface area contributed by atoms with Gasteiger partial charge in [0.25, 0.3) is 0 Å². The maximum atomic E-state index is 7.03. The number of imidazole rings is 1. The smallest absolute Gasteiger partial charge is 0.190 e. The van der Waals surface area contributed by atoms with E-state index in [-0.39, 0.29) is 5.96 Å². The van der Waals surface area contributed by atoms with Gasteiger partial charge in [0.05, 0.1) is 11.0 Å². The Labute approximate surface area is 74.5 Å². The Morgan fingerprint density at radius 1 is 1.62 bits per heavy atom. The van der Waals surface area contributed by atoms with Crippen LogP contribution in [-0.2, 0) is 0 Å². The van der Waals surface area contributed by atoms with Crippen molar-refractivity contribution in [3.05, 3.63) is 24.5 Å². The second-order valence-electron chi connectivity index (χ2n) is 2.62. The summed E-state index contributed by atoms with van der Waals surface area (Å²) in [6, 6.07) is 5.46. The van der Waals surface area contributed by atoms with Crippen LogP contribution in [0, 0.1) is 11.7 Å². The Kier molecular flexibility index (Phi) is 1.63. The Bertz CT molecular complexity index is 444. The lowest BCUT2D eigenvalue weighted by Gasteiger charge is -2.01. The zero-order valence-corrected chi connectivity index (χ0v) is 6.76. The molecule has 5 N–H and O–H groups in total. The van der Waals surface area contributed by atoms with E-state index in [0.29, 0.717) is 0 Å². The molecule has 0 fully saturated rings. The summed E-state index contributed by atoms with van der Waals surface area (Å²) < 4.78 is 0. The fraction of sp³-hybridized carbons (Fsp3) is 0. The van der Waals surface area contributed by atoms with Crippen molar-refractivity contribution in [1.29, 1.82) is 5.41 Å². The van der Waals surface area contributed by atoms with Gasteiger partial charge in [-0.1, -0.05) is 0 Å². The second kappa shape index (κ2) is 2.78. The first-order valence-corrected chi connectivity index (χ1v) is 3.72. The summed E-state index contributed by atoms with van der Waals surface area (Å²) >= 11 is 0. The quantitative estimate of drug-likeness (QED) is 0.378. The van der Waals surface area contributed by atoms with Gasteiger partial charge in [0.2, 0.25) is 0 Å². The molecule has 0 amide bonds. The highest BCUT2D eigenvalue weighted by atomic mass is 15.0. The van der Waals surface area contributed by atoms with E-state index in [1.165, 1.54) is 0 Å². The third-order valence-electron chi connectivity index (χ3n) is 1.64. The Hall–Kier alpha value is -2.04. The molecule has 0 aliphatic carbocycles. The van der Waals surface area contributed by atoms with Crippen molar-refractivity contribution in [2.75, 3.05) is 5.32 Å². The molecule has 0 bridgehead atoms. The van der Waals surface area contributed by atoms with Gasteiger partial charge in [0.1, 0.15) is 0 Å². The van der Waals surface area contributed by atoms with E-state index in [4.69, 9.17) is 11.1 Å². The first-order chi connectivity index (χ1) is 6.25. The monoisotopic (exact) mass is 174 g/mol. The van der Waals surface area contributed by atoms with Gasteiger partial charge in [-0.3, -0.25) is 5.41 Å². The molecule has 13 heavy (non-hydrogen) atoms. The molecule has 5 nitrogen and oxygen atoms in total.